The number of benzene rings is 1. The van der Waals surface area contributed by atoms with E-state index in [1.807, 2.05) is 24.3 Å². The third kappa shape index (κ3) is 2.83. The molecule has 1 saturated carbocycles. The third-order valence-electron chi connectivity index (χ3n) is 4.08. The van der Waals surface area contributed by atoms with E-state index in [0.717, 1.165) is 21.9 Å². The molecule has 0 saturated heterocycles. The summed E-state index contributed by atoms with van der Waals surface area (Å²) in [5.41, 5.74) is 1.87. The van der Waals surface area contributed by atoms with Crippen molar-refractivity contribution in [2.24, 2.45) is 5.92 Å². The molecule has 1 amide bonds. The molecule has 1 fully saturated rings. The zero-order valence-corrected chi connectivity index (χ0v) is 13.3. The highest BCUT2D eigenvalue weighted by Gasteiger charge is 2.43. The number of nitrogens with zero attached hydrogens (tertiary/aromatic N) is 2. The largest absolute Gasteiger partial charge is 0.310 e. The number of carbonyl (C=O) groups excluding carboxylic acids is 1. The highest BCUT2D eigenvalue weighted by molar-refractivity contribution is 6.36. The lowest BCUT2D eigenvalue weighted by atomic mass is 10.0. The highest BCUT2D eigenvalue weighted by atomic mass is 35.5. The van der Waals surface area contributed by atoms with Gasteiger partial charge in [-0.3, -0.25) is 9.78 Å². The van der Waals surface area contributed by atoms with Crippen molar-refractivity contribution in [2.75, 3.05) is 5.32 Å². The van der Waals surface area contributed by atoms with Gasteiger partial charge in [-0.25, -0.2) is 9.37 Å². The van der Waals surface area contributed by atoms with Gasteiger partial charge in [-0.05, 0) is 41.6 Å². The molecule has 6 heteroatoms. The molecule has 0 spiro atoms. The molecule has 0 unspecified atom stereocenters. The quantitative estimate of drug-likeness (QED) is 0.775. The second-order valence-electron chi connectivity index (χ2n) is 5.84. The number of aromatic nitrogens is 2. The Morgan fingerprint density at radius 1 is 1.25 bits per heavy atom. The fourth-order valence-electron chi connectivity index (χ4n) is 2.64. The molecule has 120 valence electrons. The molecule has 0 aliphatic heterocycles. The standard InChI is InChI=1S/C18H13ClFN3O/c19-15-5-11(10-2-1-3-21-8-10)4-12-6-17(22-9-14(12)15)23-18(24)13-7-16(13)20/h1-6,8-9,13,16H,7H2,(H,22,23,24)/t13-,16+/m1/s1. The number of anilines is 1. The maximum absolute atomic E-state index is 13.0. The molecule has 3 aromatic rings. The van der Waals surface area contributed by atoms with Crippen molar-refractivity contribution in [2.45, 2.75) is 12.6 Å². The number of hydrogen-bond acceptors (Lipinski definition) is 3. The van der Waals surface area contributed by atoms with Crippen LogP contribution in [0.1, 0.15) is 6.42 Å². The predicted octanol–water partition coefficient (Wildman–Crippen LogP) is 4.25. The number of hydrogen-bond donors (Lipinski definition) is 1. The Morgan fingerprint density at radius 3 is 2.79 bits per heavy atom. The van der Waals surface area contributed by atoms with E-state index in [-0.39, 0.29) is 12.3 Å². The lowest BCUT2D eigenvalue weighted by molar-refractivity contribution is -0.117. The van der Waals surface area contributed by atoms with Crippen molar-refractivity contribution in [1.82, 2.24) is 9.97 Å². The molecule has 1 aromatic carbocycles. The van der Waals surface area contributed by atoms with Crippen LogP contribution < -0.4 is 5.32 Å². The molecule has 24 heavy (non-hydrogen) atoms. The molecule has 0 radical (unpaired) electrons. The summed E-state index contributed by atoms with van der Waals surface area (Å²) in [5.74, 6) is -0.484. The van der Waals surface area contributed by atoms with Crippen LogP contribution in [-0.2, 0) is 4.79 Å². The lowest BCUT2D eigenvalue weighted by Gasteiger charge is -2.08. The van der Waals surface area contributed by atoms with E-state index in [4.69, 9.17) is 11.6 Å². The van der Waals surface area contributed by atoms with Crippen molar-refractivity contribution in [3.05, 3.63) is 53.9 Å². The Bertz CT molecular complexity index is 932. The third-order valence-corrected chi connectivity index (χ3v) is 4.39. The molecule has 1 aliphatic rings. The van der Waals surface area contributed by atoms with Gasteiger partial charge in [-0.1, -0.05) is 17.7 Å². The molecular weight excluding hydrogens is 329 g/mol. The summed E-state index contributed by atoms with van der Waals surface area (Å²) < 4.78 is 13.0. The summed E-state index contributed by atoms with van der Waals surface area (Å²) in [7, 11) is 0. The Labute approximate surface area is 142 Å². The SMILES string of the molecule is O=C(Nc1cc2cc(-c3cccnc3)cc(Cl)c2cn1)[C@@H]1C[C@@H]1F. The number of halogens is 2. The molecule has 4 rings (SSSR count). The highest BCUT2D eigenvalue weighted by Crippen LogP contribution is 2.35. The van der Waals surface area contributed by atoms with E-state index in [0.29, 0.717) is 10.8 Å². The second kappa shape index (κ2) is 5.83. The fraction of sp³-hybridized carbons (Fsp3) is 0.167. The smallest absolute Gasteiger partial charge is 0.231 e. The minimum atomic E-state index is -1.03. The molecule has 2 aromatic heterocycles. The number of carbonyl (C=O) groups is 1. The van der Waals surface area contributed by atoms with Crippen molar-refractivity contribution in [3.8, 4) is 11.1 Å². The first-order valence-corrected chi connectivity index (χ1v) is 7.94. The van der Waals surface area contributed by atoms with Crippen LogP contribution in [0.15, 0.2) is 48.9 Å². The van der Waals surface area contributed by atoms with Gasteiger partial charge in [0.05, 0.1) is 10.9 Å². The van der Waals surface area contributed by atoms with Crippen molar-refractivity contribution < 1.29 is 9.18 Å². The molecule has 2 heterocycles. The zero-order valence-electron chi connectivity index (χ0n) is 12.5. The van der Waals surface area contributed by atoms with Crippen LogP contribution in [0.4, 0.5) is 10.2 Å². The van der Waals surface area contributed by atoms with Gasteiger partial charge >= 0.3 is 0 Å². The maximum atomic E-state index is 13.0. The van der Waals surface area contributed by atoms with Crippen LogP contribution in [0, 0.1) is 5.92 Å². The van der Waals surface area contributed by atoms with E-state index < -0.39 is 12.1 Å². The number of rotatable bonds is 3. The molecule has 1 aliphatic carbocycles. The van der Waals surface area contributed by atoms with Gasteiger partial charge < -0.3 is 5.32 Å². The van der Waals surface area contributed by atoms with E-state index in [2.05, 4.69) is 15.3 Å². The van der Waals surface area contributed by atoms with Crippen LogP contribution in [0.25, 0.3) is 21.9 Å². The Kier molecular flexibility index (Phi) is 3.65. The minimum absolute atomic E-state index is 0.288. The van der Waals surface area contributed by atoms with E-state index in [1.54, 1.807) is 24.7 Å². The summed E-state index contributed by atoms with van der Waals surface area (Å²) in [5, 5.41) is 4.87. The van der Waals surface area contributed by atoms with Crippen molar-refractivity contribution in [1.29, 1.82) is 0 Å². The first-order chi connectivity index (χ1) is 11.6. The lowest BCUT2D eigenvalue weighted by Crippen LogP contribution is -2.15. The predicted molar refractivity (Wildman–Crippen MR) is 91.6 cm³/mol. The van der Waals surface area contributed by atoms with E-state index >= 15 is 0 Å². The molecule has 2 atom stereocenters. The van der Waals surface area contributed by atoms with Crippen LogP contribution >= 0.6 is 11.6 Å². The van der Waals surface area contributed by atoms with Gasteiger partial charge in [-0.15, -0.1) is 0 Å². The molecule has 0 bridgehead atoms. The fourth-order valence-corrected chi connectivity index (χ4v) is 2.91. The first kappa shape index (κ1) is 15.0. The van der Waals surface area contributed by atoms with E-state index in [1.165, 1.54) is 0 Å². The number of amides is 1. The maximum Gasteiger partial charge on any atom is 0.231 e. The Morgan fingerprint density at radius 2 is 2.08 bits per heavy atom. The van der Waals surface area contributed by atoms with Crippen molar-refractivity contribution in [3.63, 3.8) is 0 Å². The second-order valence-corrected chi connectivity index (χ2v) is 6.25. The number of fused-ring (bicyclic) bond motifs is 1. The van der Waals surface area contributed by atoms with Gasteiger partial charge in [0.25, 0.3) is 0 Å². The topological polar surface area (TPSA) is 54.9 Å². The van der Waals surface area contributed by atoms with Crippen LogP contribution in [0.2, 0.25) is 5.02 Å². The summed E-state index contributed by atoms with van der Waals surface area (Å²) >= 11 is 6.35. The van der Waals surface area contributed by atoms with Crippen LogP contribution in [0.3, 0.4) is 0 Å². The zero-order chi connectivity index (χ0) is 16.7. The van der Waals surface area contributed by atoms with Gasteiger partial charge in [0.2, 0.25) is 5.91 Å². The van der Waals surface area contributed by atoms with Crippen molar-refractivity contribution >= 4 is 34.1 Å². The normalized spacial score (nSPS) is 19.2. The van der Waals surface area contributed by atoms with Gasteiger partial charge in [-0.2, -0.15) is 0 Å². The van der Waals surface area contributed by atoms with Gasteiger partial charge in [0, 0.05) is 29.5 Å². The van der Waals surface area contributed by atoms with Crippen LogP contribution in [-0.4, -0.2) is 22.0 Å². The summed E-state index contributed by atoms with van der Waals surface area (Å²) in [6.45, 7) is 0. The minimum Gasteiger partial charge on any atom is -0.310 e. The van der Waals surface area contributed by atoms with Gasteiger partial charge in [0.1, 0.15) is 12.0 Å². The number of alkyl halides is 1. The monoisotopic (exact) mass is 341 g/mol. The molecule has 1 N–H and O–H groups in total. The summed E-state index contributed by atoms with van der Waals surface area (Å²) in [6, 6.07) is 9.37. The van der Waals surface area contributed by atoms with Gasteiger partial charge in [0.15, 0.2) is 0 Å². The molecular formula is C18H13ClFN3O. The molecule has 4 nitrogen and oxygen atoms in total. The first-order valence-electron chi connectivity index (χ1n) is 7.56. The van der Waals surface area contributed by atoms with Crippen LogP contribution in [0.5, 0.6) is 0 Å². The number of nitrogens with one attached hydrogen (secondary N) is 1. The van der Waals surface area contributed by atoms with E-state index in [9.17, 15) is 9.18 Å². The average Bonchev–Trinajstić information content (AvgIpc) is 3.32. The Hall–Kier alpha value is -2.53. The average molecular weight is 342 g/mol. The Balaban J connectivity index is 1.71. The summed E-state index contributed by atoms with van der Waals surface area (Å²) in [6.07, 6.45) is 4.34. The number of pyridine rings is 2. The summed E-state index contributed by atoms with van der Waals surface area (Å²) in [4.78, 5) is 20.2.